The molecule has 110 valence electrons. The number of hydrogen-bond acceptors (Lipinski definition) is 2. The zero-order valence-corrected chi connectivity index (χ0v) is 13.1. The van der Waals surface area contributed by atoms with Crippen LogP contribution in [0, 0.1) is 12.8 Å². The standard InChI is InChI=1S/C17H26N2O/c1-5-8-20-14-6-7-17-15(9-14)16(10-18)13(4)19(17)11-12(2)3/h6-7,9,12H,5,8,10-11,18H2,1-4H3. The molecule has 0 aliphatic rings. The molecule has 0 spiro atoms. The molecule has 2 aromatic rings. The van der Waals surface area contributed by atoms with Crippen LogP contribution in [-0.2, 0) is 13.1 Å². The van der Waals surface area contributed by atoms with E-state index < -0.39 is 0 Å². The van der Waals surface area contributed by atoms with E-state index in [2.05, 4.69) is 50.5 Å². The number of nitrogens with zero attached hydrogens (tertiary/aromatic N) is 1. The monoisotopic (exact) mass is 274 g/mol. The van der Waals surface area contributed by atoms with Gasteiger partial charge in [0.05, 0.1) is 6.61 Å². The number of fused-ring (bicyclic) bond motifs is 1. The molecule has 0 unspecified atom stereocenters. The Morgan fingerprint density at radius 3 is 2.65 bits per heavy atom. The Kier molecular flexibility index (Phi) is 4.71. The molecule has 0 fully saturated rings. The van der Waals surface area contributed by atoms with Crippen LogP contribution in [0.5, 0.6) is 5.75 Å². The van der Waals surface area contributed by atoms with Crippen LogP contribution in [0.1, 0.15) is 38.4 Å². The van der Waals surface area contributed by atoms with Crippen molar-refractivity contribution in [3.8, 4) is 5.75 Å². The number of hydrogen-bond donors (Lipinski definition) is 1. The summed E-state index contributed by atoms with van der Waals surface area (Å²) < 4.78 is 8.12. The Morgan fingerprint density at radius 2 is 2.05 bits per heavy atom. The third-order valence-corrected chi connectivity index (χ3v) is 3.65. The van der Waals surface area contributed by atoms with Crippen LogP contribution in [-0.4, -0.2) is 11.2 Å². The quantitative estimate of drug-likeness (QED) is 0.869. The minimum atomic E-state index is 0.574. The lowest BCUT2D eigenvalue weighted by atomic mass is 10.1. The molecule has 0 aliphatic heterocycles. The van der Waals surface area contributed by atoms with E-state index in [4.69, 9.17) is 10.5 Å². The highest BCUT2D eigenvalue weighted by Crippen LogP contribution is 2.30. The van der Waals surface area contributed by atoms with Crippen molar-refractivity contribution in [3.63, 3.8) is 0 Å². The van der Waals surface area contributed by atoms with Crippen molar-refractivity contribution >= 4 is 10.9 Å². The fraction of sp³-hybridized carbons (Fsp3) is 0.529. The molecule has 0 aliphatic carbocycles. The summed E-state index contributed by atoms with van der Waals surface area (Å²) in [4.78, 5) is 0. The summed E-state index contributed by atoms with van der Waals surface area (Å²) in [6.45, 7) is 11.1. The molecule has 1 aromatic carbocycles. The molecule has 2 rings (SSSR count). The SMILES string of the molecule is CCCOc1ccc2c(c1)c(CN)c(C)n2CC(C)C. The van der Waals surface area contributed by atoms with Gasteiger partial charge in [-0.05, 0) is 43.0 Å². The van der Waals surface area contributed by atoms with Crippen LogP contribution < -0.4 is 10.5 Å². The molecular formula is C17H26N2O. The normalized spacial score (nSPS) is 11.5. The summed E-state index contributed by atoms with van der Waals surface area (Å²) in [5.74, 6) is 1.56. The number of aromatic nitrogens is 1. The molecule has 0 saturated heterocycles. The van der Waals surface area contributed by atoms with E-state index in [1.807, 2.05) is 0 Å². The largest absolute Gasteiger partial charge is 0.494 e. The second kappa shape index (κ2) is 6.31. The molecule has 3 heteroatoms. The van der Waals surface area contributed by atoms with E-state index >= 15 is 0 Å². The lowest BCUT2D eigenvalue weighted by molar-refractivity contribution is 0.318. The van der Waals surface area contributed by atoms with Gasteiger partial charge in [0.2, 0.25) is 0 Å². The minimum absolute atomic E-state index is 0.574. The predicted molar refractivity (Wildman–Crippen MR) is 85.2 cm³/mol. The van der Waals surface area contributed by atoms with Crippen molar-refractivity contribution < 1.29 is 4.74 Å². The highest BCUT2D eigenvalue weighted by atomic mass is 16.5. The zero-order valence-electron chi connectivity index (χ0n) is 13.1. The third kappa shape index (κ3) is 2.83. The van der Waals surface area contributed by atoms with Crippen molar-refractivity contribution in [3.05, 3.63) is 29.5 Å². The summed E-state index contributed by atoms with van der Waals surface area (Å²) in [5.41, 5.74) is 9.74. The first-order valence-corrected chi connectivity index (χ1v) is 7.53. The first-order valence-electron chi connectivity index (χ1n) is 7.53. The summed E-state index contributed by atoms with van der Waals surface area (Å²) in [6, 6.07) is 6.36. The lowest BCUT2D eigenvalue weighted by Crippen LogP contribution is -2.07. The number of nitrogens with two attached hydrogens (primary N) is 1. The van der Waals surface area contributed by atoms with Crippen LogP contribution in [0.15, 0.2) is 18.2 Å². The van der Waals surface area contributed by atoms with Gasteiger partial charge in [0.25, 0.3) is 0 Å². The van der Waals surface area contributed by atoms with Gasteiger partial charge in [0, 0.05) is 29.7 Å². The van der Waals surface area contributed by atoms with Crippen LogP contribution in [0.2, 0.25) is 0 Å². The number of benzene rings is 1. The van der Waals surface area contributed by atoms with Gasteiger partial charge < -0.3 is 15.0 Å². The second-order valence-electron chi connectivity index (χ2n) is 5.80. The molecule has 0 radical (unpaired) electrons. The van der Waals surface area contributed by atoms with Gasteiger partial charge in [0.1, 0.15) is 5.75 Å². The van der Waals surface area contributed by atoms with E-state index in [0.29, 0.717) is 12.5 Å². The van der Waals surface area contributed by atoms with Crippen molar-refractivity contribution in [2.75, 3.05) is 6.61 Å². The maximum absolute atomic E-state index is 5.96. The Morgan fingerprint density at radius 1 is 1.30 bits per heavy atom. The molecule has 2 N–H and O–H groups in total. The third-order valence-electron chi connectivity index (χ3n) is 3.65. The van der Waals surface area contributed by atoms with Gasteiger partial charge in [-0.25, -0.2) is 0 Å². The molecule has 0 amide bonds. The first-order chi connectivity index (χ1) is 9.58. The van der Waals surface area contributed by atoms with E-state index in [9.17, 15) is 0 Å². The Hall–Kier alpha value is -1.48. The first kappa shape index (κ1) is 14.9. The van der Waals surface area contributed by atoms with Crippen molar-refractivity contribution in [1.29, 1.82) is 0 Å². The molecule has 3 nitrogen and oxygen atoms in total. The van der Waals surface area contributed by atoms with Gasteiger partial charge in [0.15, 0.2) is 0 Å². The molecule has 1 aromatic heterocycles. The fourth-order valence-corrected chi connectivity index (χ4v) is 2.70. The van der Waals surface area contributed by atoms with E-state index in [1.54, 1.807) is 0 Å². The Labute approximate surface area is 121 Å². The van der Waals surface area contributed by atoms with Crippen LogP contribution in [0.4, 0.5) is 0 Å². The average molecular weight is 274 g/mol. The number of rotatable bonds is 6. The maximum atomic E-state index is 5.96. The van der Waals surface area contributed by atoms with Gasteiger partial charge in [-0.3, -0.25) is 0 Å². The zero-order chi connectivity index (χ0) is 14.7. The summed E-state index contributed by atoms with van der Waals surface area (Å²) in [7, 11) is 0. The van der Waals surface area contributed by atoms with Crippen molar-refractivity contribution in [1.82, 2.24) is 4.57 Å². The van der Waals surface area contributed by atoms with Crippen LogP contribution in [0.3, 0.4) is 0 Å². The minimum Gasteiger partial charge on any atom is -0.494 e. The molecule has 0 bridgehead atoms. The second-order valence-corrected chi connectivity index (χ2v) is 5.80. The van der Waals surface area contributed by atoms with Gasteiger partial charge in [-0.1, -0.05) is 20.8 Å². The Bertz CT molecular complexity index is 584. The lowest BCUT2D eigenvalue weighted by Gasteiger charge is -2.11. The van der Waals surface area contributed by atoms with Gasteiger partial charge >= 0.3 is 0 Å². The van der Waals surface area contributed by atoms with E-state index in [0.717, 1.165) is 25.3 Å². The van der Waals surface area contributed by atoms with Crippen LogP contribution in [0.25, 0.3) is 10.9 Å². The topological polar surface area (TPSA) is 40.2 Å². The van der Waals surface area contributed by atoms with Gasteiger partial charge in [-0.15, -0.1) is 0 Å². The van der Waals surface area contributed by atoms with Crippen molar-refractivity contribution in [2.24, 2.45) is 11.7 Å². The Balaban J connectivity index is 2.51. The van der Waals surface area contributed by atoms with Crippen LogP contribution >= 0.6 is 0 Å². The van der Waals surface area contributed by atoms with Gasteiger partial charge in [-0.2, -0.15) is 0 Å². The predicted octanol–water partition coefficient (Wildman–Crippen LogP) is 3.85. The van der Waals surface area contributed by atoms with E-state index in [-0.39, 0.29) is 0 Å². The molecular weight excluding hydrogens is 248 g/mol. The average Bonchev–Trinajstić information content (AvgIpc) is 2.68. The van der Waals surface area contributed by atoms with Crippen molar-refractivity contribution in [2.45, 2.75) is 47.2 Å². The highest BCUT2D eigenvalue weighted by molar-refractivity contribution is 5.87. The summed E-state index contributed by atoms with van der Waals surface area (Å²) in [5, 5.41) is 1.24. The smallest absolute Gasteiger partial charge is 0.120 e. The molecule has 20 heavy (non-hydrogen) atoms. The maximum Gasteiger partial charge on any atom is 0.120 e. The molecule has 0 saturated carbocycles. The molecule has 0 atom stereocenters. The molecule has 1 heterocycles. The highest BCUT2D eigenvalue weighted by Gasteiger charge is 2.14. The van der Waals surface area contributed by atoms with E-state index in [1.165, 1.54) is 22.2 Å². The number of ether oxygens (including phenoxy) is 1. The summed E-state index contributed by atoms with van der Waals surface area (Å²) >= 11 is 0. The summed E-state index contributed by atoms with van der Waals surface area (Å²) in [6.07, 6.45) is 1.02. The fourth-order valence-electron chi connectivity index (χ4n) is 2.70.